The molecular formula is C40H60FN6O9P. The van der Waals surface area contributed by atoms with Crippen molar-refractivity contribution in [1.82, 2.24) is 14.6 Å². The number of rotatable bonds is 29. The lowest BCUT2D eigenvalue weighted by Crippen LogP contribution is -2.49. The van der Waals surface area contributed by atoms with E-state index in [9.17, 15) is 29.3 Å². The minimum Gasteiger partial charge on any atom is -0.387 e. The second-order valence-electron chi connectivity index (χ2n) is 14.7. The summed E-state index contributed by atoms with van der Waals surface area (Å²) in [6.07, 6.45) is 13.3. The molecule has 57 heavy (non-hydrogen) atoms. The number of aromatic nitrogens is 3. The predicted molar refractivity (Wildman–Crippen MR) is 213 cm³/mol. The summed E-state index contributed by atoms with van der Waals surface area (Å²) >= 11 is 0. The topological polar surface area (TPSA) is 216 Å². The monoisotopic (exact) mass is 818 g/mol. The number of nitrogens with zero attached hydrogens (tertiary/aromatic N) is 5. The van der Waals surface area contributed by atoms with E-state index in [0.29, 0.717) is 23.4 Å². The van der Waals surface area contributed by atoms with Gasteiger partial charge in [-0.1, -0.05) is 90.4 Å². The highest BCUT2D eigenvalue weighted by molar-refractivity contribution is 7.47. The summed E-state index contributed by atoms with van der Waals surface area (Å²) in [6.45, 7) is 4.55. The molecule has 0 aliphatic carbocycles. The molecule has 0 spiro atoms. The zero-order valence-corrected chi connectivity index (χ0v) is 33.9. The maximum Gasteiger partial charge on any atom is 0.472 e. The fraction of sp³-hybridized carbons (Fsp3) is 0.650. The van der Waals surface area contributed by atoms with Crippen LogP contribution in [0.2, 0.25) is 0 Å². The van der Waals surface area contributed by atoms with Crippen LogP contribution in [0.1, 0.15) is 120 Å². The van der Waals surface area contributed by atoms with E-state index in [1.54, 1.807) is 12.1 Å². The van der Waals surface area contributed by atoms with Gasteiger partial charge < -0.3 is 35.1 Å². The van der Waals surface area contributed by atoms with Gasteiger partial charge in [0.1, 0.15) is 47.7 Å². The number of unbranched alkanes of at least 4 members (excludes halogenated alkanes) is 13. The van der Waals surface area contributed by atoms with E-state index in [0.717, 1.165) is 25.3 Å². The maximum atomic E-state index is 14.1. The van der Waals surface area contributed by atoms with Crippen LogP contribution in [0.5, 0.6) is 0 Å². The molecule has 1 aromatic carbocycles. The lowest BCUT2D eigenvalue weighted by molar-refractivity contribution is -0.107. The van der Waals surface area contributed by atoms with Gasteiger partial charge >= 0.3 is 7.82 Å². The van der Waals surface area contributed by atoms with E-state index in [4.69, 9.17) is 29.0 Å². The number of benzene rings is 1. The van der Waals surface area contributed by atoms with Crippen molar-refractivity contribution in [3.8, 4) is 6.07 Å². The number of nitrogen functional groups attached to an aromatic ring is 1. The van der Waals surface area contributed by atoms with Crippen molar-refractivity contribution in [3.05, 3.63) is 59.3 Å². The summed E-state index contributed by atoms with van der Waals surface area (Å²) in [6, 6.07) is 8.96. The van der Waals surface area contributed by atoms with Crippen molar-refractivity contribution in [3.63, 3.8) is 0 Å². The Morgan fingerprint density at radius 2 is 1.70 bits per heavy atom. The summed E-state index contributed by atoms with van der Waals surface area (Å²) in [7, 11) is -4.84. The van der Waals surface area contributed by atoms with Crippen LogP contribution in [0.3, 0.4) is 0 Å². The van der Waals surface area contributed by atoms with Crippen LogP contribution in [0, 0.1) is 17.1 Å². The van der Waals surface area contributed by atoms with Gasteiger partial charge in [-0.2, -0.15) is 10.4 Å². The molecule has 17 heteroatoms. The molecule has 0 bridgehead atoms. The molecule has 1 unspecified atom stereocenters. The molecule has 5 N–H and O–H groups in total. The summed E-state index contributed by atoms with van der Waals surface area (Å²) in [4.78, 5) is 18.5. The molecule has 4 rings (SSSR count). The highest BCUT2D eigenvalue weighted by Gasteiger charge is 2.56. The number of aliphatic imine (C=N–C) groups is 1. The Morgan fingerprint density at radius 1 is 1.04 bits per heavy atom. The molecule has 1 fully saturated rings. The number of aliphatic hydroxyl groups excluding tert-OH is 2. The average Bonchev–Trinajstić information content (AvgIpc) is 3.73. The lowest BCUT2D eigenvalue weighted by Gasteiger charge is -2.30. The number of nitriles is 1. The predicted octanol–water partition coefficient (Wildman–Crippen LogP) is 6.77. The van der Waals surface area contributed by atoms with Crippen LogP contribution in [-0.2, 0) is 34.4 Å². The Bertz CT molecular complexity index is 1760. The first-order valence-electron chi connectivity index (χ1n) is 20.1. The normalized spacial score (nSPS) is 21.1. The number of anilines is 1. The van der Waals surface area contributed by atoms with E-state index in [2.05, 4.69) is 28.7 Å². The number of halogens is 1. The van der Waals surface area contributed by atoms with Crippen LogP contribution >= 0.6 is 7.82 Å². The molecule has 3 aromatic rings. The Balaban J connectivity index is 1.26. The standard InChI is InChI=1S/C40H60FN6O9P/c1-3-4-5-6-7-8-9-10-11-12-13-14-15-16-19-52-25-33(53-24-31-20-30(23-42)21-32(41)22-31)26-54-57(50,51)55-28-40(27-44-2)38(49)36(48)37(56-40)34-17-18-35-39(43)45-29-46-47(34)35/h17-18,20-22,29,33,36-38,48-49H,2-16,19,24-28H2,1H3,(H,50,51)(H2,43,45,46)/t33-,36+,37+,38+,40-/m1/s1. The van der Waals surface area contributed by atoms with E-state index < -0.39 is 56.9 Å². The first-order chi connectivity index (χ1) is 27.5. The molecule has 0 saturated carbocycles. The molecule has 0 amide bonds. The molecule has 1 saturated heterocycles. The van der Waals surface area contributed by atoms with Gasteiger partial charge in [-0.15, -0.1) is 0 Å². The van der Waals surface area contributed by atoms with E-state index in [-0.39, 0.29) is 31.1 Å². The Kier molecular flexibility index (Phi) is 19.4. The highest BCUT2D eigenvalue weighted by Crippen LogP contribution is 2.48. The number of aliphatic hydroxyl groups is 2. The van der Waals surface area contributed by atoms with E-state index >= 15 is 0 Å². The molecule has 0 radical (unpaired) electrons. The van der Waals surface area contributed by atoms with Crippen LogP contribution in [0.4, 0.5) is 10.2 Å². The zero-order chi connectivity index (χ0) is 41.1. The fourth-order valence-corrected chi connectivity index (χ4v) is 7.76. The first kappa shape index (κ1) is 46.3. The molecule has 1 aliphatic heterocycles. The number of phosphoric ester groups is 1. The van der Waals surface area contributed by atoms with Gasteiger partial charge in [0.2, 0.25) is 0 Å². The van der Waals surface area contributed by atoms with Gasteiger partial charge in [-0.05, 0) is 49.0 Å². The van der Waals surface area contributed by atoms with Crippen molar-refractivity contribution in [1.29, 1.82) is 5.26 Å². The quantitative estimate of drug-likeness (QED) is 0.0324. The van der Waals surface area contributed by atoms with Gasteiger partial charge in [-0.3, -0.25) is 14.0 Å². The number of fused-ring (bicyclic) bond motifs is 1. The van der Waals surface area contributed by atoms with Gasteiger partial charge in [-0.25, -0.2) is 18.5 Å². The number of nitrogens with two attached hydrogens (primary N) is 1. The third kappa shape index (κ3) is 14.5. The maximum absolute atomic E-state index is 14.1. The largest absolute Gasteiger partial charge is 0.472 e. The second-order valence-corrected chi connectivity index (χ2v) is 16.2. The van der Waals surface area contributed by atoms with Crippen molar-refractivity contribution < 1.29 is 47.3 Å². The summed E-state index contributed by atoms with van der Waals surface area (Å²) in [5.41, 5.74) is 5.45. The van der Waals surface area contributed by atoms with Gasteiger partial charge in [0.25, 0.3) is 0 Å². The lowest BCUT2D eigenvalue weighted by atomic mass is 9.95. The third-order valence-corrected chi connectivity index (χ3v) is 11.1. The Hall–Kier alpha value is -3.36. The highest BCUT2D eigenvalue weighted by atomic mass is 31.2. The van der Waals surface area contributed by atoms with Crippen molar-refractivity contribution in [2.24, 2.45) is 4.99 Å². The minimum absolute atomic E-state index is 0.00176. The van der Waals surface area contributed by atoms with Crippen molar-refractivity contribution in [2.75, 3.05) is 38.7 Å². The number of hydrogen-bond acceptors (Lipinski definition) is 13. The molecule has 1 aliphatic rings. The van der Waals surface area contributed by atoms with Crippen LogP contribution in [0.15, 0.2) is 41.7 Å². The number of phosphoric acid groups is 1. The summed E-state index contributed by atoms with van der Waals surface area (Å²) in [5, 5.41) is 35.6. The summed E-state index contributed by atoms with van der Waals surface area (Å²) < 4.78 is 57.2. The fourth-order valence-electron chi connectivity index (χ4n) is 6.95. The average molecular weight is 819 g/mol. The summed E-state index contributed by atoms with van der Waals surface area (Å²) in [5.74, 6) is -0.410. The number of hydrogen-bond donors (Lipinski definition) is 4. The van der Waals surface area contributed by atoms with Crippen molar-refractivity contribution >= 4 is 25.9 Å². The molecule has 15 nitrogen and oxygen atoms in total. The van der Waals surface area contributed by atoms with Gasteiger partial charge in [0.05, 0.1) is 50.3 Å². The Labute approximate surface area is 335 Å². The van der Waals surface area contributed by atoms with Crippen molar-refractivity contribution in [2.45, 2.75) is 133 Å². The SMILES string of the molecule is C=NC[C@]1(COP(=O)(O)OC[C@@H](COCCCCCCCCCCCCCCCC)OCc2cc(F)cc(C#N)c2)O[C@@H](c2ccc3c(N)ncnn23)[C@H](O)[C@@H]1O. The molecule has 316 valence electrons. The molecule has 2 aromatic heterocycles. The number of ether oxygens (including phenoxy) is 3. The first-order valence-corrected chi connectivity index (χ1v) is 21.6. The van der Waals surface area contributed by atoms with Crippen LogP contribution in [-0.4, -0.2) is 93.3 Å². The van der Waals surface area contributed by atoms with Crippen LogP contribution in [0.25, 0.3) is 5.52 Å². The minimum atomic E-state index is -4.84. The van der Waals surface area contributed by atoms with Gasteiger partial charge in [0, 0.05) is 6.61 Å². The Morgan fingerprint density at radius 3 is 2.35 bits per heavy atom. The second kappa shape index (κ2) is 23.9. The third-order valence-electron chi connectivity index (χ3n) is 10.1. The van der Waals surface area contributed by atoms with Crippen LogP contribution < -0.4 is 5.73 Å². The zero-order valence-electron chi connectivity index (χ0n) is 33.1. The van der Waals surface area contributed by atoms with E-state index in [1.807, 2.05) is 6.07 Å². The van der Waals surface area contributed by atoms with Gasteiger partial charge in [0.15, 0.2) is 5.82 Å². The molecule has 3 heterocycles. The smallest absolute Gasteiger partial charge is 0.387 e. The molecular weight excluding hydrogens is 758 g/mol. The molecule has 6 atom stereocenters. The van der Waals surface area contributed by atoms with E-state index in [1.165, 1.54) is 93.6 Å².